The number of hydrogen-bond acceptors (Lipinski definition) is 2. The lowest BCUT2D eigenvalue weighted by Gasteiger charge is -2.10. The molecule has 0 aliphatic rings. The van der Waals surface area contributed by atoms with E-state index in [1.165, 1.54) is 6.07 Å². The Hall–Kier alpha value is -0.640. The molecule has 0 saturated heterocycles. The zero-order valence-electron chi connectivity index (χ0n) is 9.06. The SMILES string of the molecule is CN(C)CCNCc1ccc(F)c(Cl)c1. The Morgan fingerprint density at radius 1 is 1.40 bits per heavy atom. The van der Waals surface area contributed by atoms with Crippen molar-refractivity contribution in [2.24, 2.45) is 0 Å². The Labute approximate surface area is 95.0 Å². The van der Waals surface area contributed by atoms with Gasteiger partial charge >= 0.3 is 0 Å². The van der Waals surface area contributed by atoms with E-state index in [4.69, 9.17) is 11.6 Å². The third-order valence-electron chi connectivity index (χ3n) is 2.05. The molecule has 0 atom stereocenters. The smallest absolute Gasteiger partial charge is 0.141 e. The van der Waals surface area contributed by atoms with Crippen LogP contribution in [-0.4, -0.2) is 32.1 Å². The lowest BCUT2D eigenvalue weighted by Crippen LogP contribution is -2.26. The first-order valence-corrected chi connectivity index (χ1v) is 5.27. The third kappa shape index (κ3) is 4.60. The molecular formula is C11H16ClFN2. The van der Waals surface area contributed by atoms with E-state index in [1.807, 2.05) is 14.1 Å². The molecule has 1 aromatic carbocycles. The van der Waals surface area contributed by atoms with Crippen LogP contribution in [0.4, 0.5) is 4.39 Å². The van der Waals surface area contributed by atoms with Crippen LogP contribution in [0.1, 0.15) is 5.56 Å². The second-order valence-corrected chi connectivity index (χ2v) is 4.14. The minimum Gasteiger partial charge on any atom is -0.311 e. The van der Waals surface area contributed by atoms with Crippen molar-refractivity contribution in [3.05, 3.63) is 34.6 Å². The normalized spacial score (nSPS) is 11.0. The van der Waals surface area contributed by atoms with Gasteiger partial charge in [0.15, 0.2) is 0 Å². The fourth-order valence-electron chi connectivity index (χ4n) is 1.18. The van der Waals surface area contributed by atoms with Gasteiger partial charge in [0.05, 0.1) is 5.02 Å². The van der Waals surface area contributed by atoms with Gasteiger partial charge < -0.3 is 10.2 Å². The molecule has 0 aliphatic heterocycles. The number of rotatable bonds is 5. The summed E-state index contributed by atoms with van der Waals surface area (Å²) in [5.41, 5.74) is 1.00. The predicted octanol–water partition coefficient (Wildman–Crippen LogP) is 2.13. The Kier molecular flexibility index (Phi) is 5.02. The number of halogens is 2. The zero-order valence-corrected chi connectivity index (χ0v) is 9.81. The maximum Gasteiger partial charge on any atom is 0.141 e. The van der Waals surface area contributed by atoms with Crippen LogP contribution in [0.3, 0.4) is 0 Å². The maximum absolute atomic E-state index is 12.8. The fourth-order valence-corrected chi connectivity index (χ4v) is 1.39. The molecule has 15 heavy (non-hydrogen) atoms. The van der Waals surface area contributed by atoms with Crippen molar-refractivity contribution in [3.63, 3.8) is 0 Å². The van der Waals surface area contributed by atoms with Gasteiger partial charge in [-0.3, -0.25) is 0 Å². The number of nitrogens with zero attached hydrogens (tertiary/aromatic N) is 1. The molecule has 4 heteroatoms. The predicted molar refractivity (Wildman–Crippen MR) is 61.7 cm³/mol. The van der Waals surface area contributed by atoms with Crippen molar-refractivity contribution in [1.29, 1.82) is 0 Å². The molecule has 0 spiro atoms. The summed E-state index contributed by atoms with van der Waals surface area (Å²) in [7, 11) is 4.05. The first-order valence-electron chi connectivity index (χ1n) is 4.89. The van der Waals surface area contributed by atoms with Gasteiger partial charge in [0, 0.05) is 19.6 Å². The second kappa shape index (κ2) is 6.05. The first kappa shape index (κ1) is 12.4. The van der Waals surface area contributed by atoms with E-state index >= 15 is 0 Å². The van der Waals surface area contributed by atoms with E-state index < -0.39 is 0 Å². The van der Waals surface area contributed by atoms with Crippen LogP contribution in [0.15, 0.2) is 18.2 Å². The number of benzene rings is 1. The summed E-state index contributed by atoms with van der Waals surface area (Å²) in [5.74, 6) is -0.367. The molecule has 0 aromatic heterocycles. The van der Waals surface area contributed by atoms with Gasteiger partial charge in [-0.05, 0) is 31.8 Å². The Bertz CT molecular complexity index is 315. The van der Waals surface area contributed by atoms with Gasteiger partial charge in [-0.1, -0.05) is 17.7 Å². The van der Waals surface area contributed by atoms with Crippen molar-refractivity contribution in [1.82, 2.24) is 10.2 Å². The summed E-state index contributed by atoms with van der Waals surface area (Å²) in [6.07, 6.45) is 0. The lowest BCUT2D eigenvalue weighted by atomic mass is 10.2. The van der Waals surface area contributed by atoms with E-state index in [0.717, 1.165) is 18.7 Å². The summed E-state index contributed by atoms with van der Waals surface area (Å²) in [4.78, 5) is 2.10. The minimum atomic E-state index is -0.367. The summed E-state index contributed by atoms with van der Waals surface area (Å²) >= 11 is 5.67. The van der Waals surface area contributed by atoms with Crippen LogP contribution in [0.2, 0.25) is 5.02 Å². The van der Waals surface area contributed by atoms with Crippen molar-refractivity contribution in [3.8, 4) is 0 Å². The van der Waals surface area contributed by atoms with Crippen LogP contribution < -0.4 is 5.32 Å². The topological polar surface area (TPSA) is 15.3 Å². The number of nitrogens with one attached hydrogen (secondary N) is 1. The van der Waals surface area contributed by atoms with Crippen LogP contribution >= 0.6 is 11.6 Å². The van der Waals surface area contributed by atoms with E-state index in [1.54, 1.807) is 12.1 Å². The molecule has 1 aromatic rings. The number of likely N-dealkylation sites (N-methyl/N-ethyl adjacent to an activating group) is 1. The molecule has 0 fully saturated rings. The lowest BCUT2D eigenvalue weighted by molar-refractivity contribution is 0.400. The molecule has 0 saturated carbocycles. The van der Waals surface area contributed by atoms with Crippen molar-refractivity contribution < 1.29 is 4.39 Å². The second-order valence-electron chi connectivity index (χ2n) is 3.73. The summed E-state index contributed by atoms with van der Waals surface area (Å²) in [5, 5.41) is 3.44. The average molecular weight is 231 g/mol. The van der Waals surface area contributed by atoms with E-state index in [2.05, 4.69) is 10.2 Å². The van der Waals surface area contributed by atoms with Gasteiger partial charge in [-0.2, -0.15) is 0 Å². The first-order chi connectivity index (χ1) is 7.09. The van der Waals surface area contributed by atoms with E-state index in [-0.39, 0.29) is 10.8 Å². The van der Waals surface area contributed by atoms with E-state index in [9.17, 15) is 4.39 Å². The van der Waals surface area contributed by atoms with Crippen LogP contribution in [0.25, 0.3) is 0 Å². The van der Waals surface area contributed by atoms with Crippen molar-refractivity contribution in [2.75, 3.05) is 27.2 Å². The molecule has 0 amide bonds. The minimum absolute atomic E-state index is 0.182. The number of hydrogen-bond donors (Lipinski definition) is 1. The van der Waals surface area contributed by atoms with Crippen LogP contribution in [0, 0.1) is 5.82 Å². The van der Waals surface area contributed by atoms with Gasteiger partial charge in [-0.25, -0.2) is 4.39 Å². The average Bonchev–Trinajstić information content (AvgIpc) is 2.18. The van der Waals surface area contributed by atoms with Crippen LogP contribution in [-0.2, 0) is 6.54 Å². The van der Waals surface area contributed by atoms with Gasteiger partial charge in [0.1, 0.15) is 5.82 Å². The van der Waals surface area contributed by atoms with Crippen molar-refractivity contribution in [2.45, 2.75) is 6.54 Å². The highest BCUT2D eigenvalue weighted by Crippen LogP contribution is 2.15. The Morgan fingerprint density at radius 2 is 2.13 bits per heavy atom. The quantitative estimate of drug-likeness (QED) is 0.780. The maximum atomic E-state index is 12.8. The molecule has 0 radical (unpaired) electrons. The molecule has 0 bridgehead atoms. The molecule has 0 heterocycles. The molecule has 1 rings (SSSR count). The molecule has 1 N–H and O–H groups in total. The summed E-state index contributed by atoms with van der Waals surface area (Å²) in [6.45, 7) is 2.60. The van der Waals surface area contributed by atoms with Gasteiger partial charge in [-0.15, -0.1) is 0 Å². The van der Waals surface area contributed by atoms with Crippen molar-refractivity contribution >= 4 is 11.6 Å². The molecule has 0 unspecified atom stereocenters. The largest absolute Gasteiger partial charge is 0.311 e. The molecular weight excluding hydrogens is 215 g/mol. The molecule has 2 nitrogen and oxygen atoms in total. The molecule has 84 valence electrons. The third-order valence-corrected chi connectivity index (χ3v) is 2.34. The highest BCUT2D eigenvalue weighted by Gasteiger charge is 2.00. The van der Waals surface area contributed by atoms with Crippen LogP contribution in [0.5, 0.6) is 0 Å². The van der Waals surface area contributed by atoms with E-state index in [0.29, 0.717) is 6.54 Å². The Morgan fingerprint density at radius 3 is 2.73 bits per heavy atom. The fraction of sp³-hybridized carbons (Fsp3) is 0.455. The summed E-state index contributed by atoms with van der Waals surface area (Å²) < 4.78 is 12.8. The zero-order chi connectivity index (χ0) is 11.3. The highest BCUT2D eigenvalue weighted by atomic mass is 35.5. The van der Waals surface area contributed by atoms with Gasteiger partial charge in [0.2, 0.25) is 0 Å². The highest BCUT2D eigenvalue weighted by molar-refractivity contribution is 6.30. The van der Waals surface area contributed by atoms with Gasteiger partial charge in [0.25, 0.3) is 0 Å². The summed E-state index contributed by atoms with van der Waals surface area (Å²) in [6, 6.07) is 4.79. The Balaban J connectivity index is 2.35. The standard InChI is InChI=1S/C11H16ClFN2/c1-15(2)6-5-14-8-9-3-4-11(13)10(12)7-9/h3-4,7,14H,5-6,8H2,1-2H3. The monoisotopic (exact) mass is 230 g/mol. The molecule has 0 aliphatic carbocycles.